The van der Waals surface area contributed by atoms with E-state index < -0.39 is 0 Å². The number of halogens is 1. The highest BCUT2D eigenvalue weighted by Crippen LogP contribution is 2.23. The molecule has 114 valence electrons. The lowest BCUT2D eigenvalue weighted by atomic mass is 9.84. The van der Waals surface area contributed by atoms with E-state index in [1.165, 1.54) is 12.0 Å². The zero-order chi connectivity index (χ0) is 15.2. The van der Waals surface area contributed by atoms with Gasteiger partial charge in [0, 0.05) is 23.6 Å². The Bertz CT molecular complexity index is 404. The zero-order valence-corrected chi connectivity index (χ0v) is 15.1. The van der Waals surface area contributed by atoms with Gasteiger partial charge in [-0.3, -0.25) is 0 Å². The molecule has 0 spiro atoms. The van der Waals surface area contributed by atoms with Crippen molar-refractivity contribution in [2.45, 2.75) is 46.7 Å². The van der Waals surface area contributed by atoms with E-state index in [9.17, 15) is 0 Å². The van der Waals surface area contributed by atoms with Crippen LogP contribution in [-0.2, 0) is 6.54 Å². The van der Waals surface area contributed by atoms with Gasteiger partial charge in [-0.05, 0) is 50.0 Å². The minimum Gasteiger partial charge on any atom is -0.314 e. The number of nitrogens with one attached hydrogen (secondary N) is 1. The molecule has 0 heterocycles. The van der Waals surface area contributed by atoms with Gasteiger partial charge >= 0.3 is 0 Å². The fraction of sp³-hybridized carbons (Fsp3) is 0.647. The fourth-order valence-corrected chi connectivity index (χ4v) is 2.92. The van der Waals surface area contributed by atoms with Gasteiger partial charge in [0.15, 0.2) is 0 Å². The molecule has 0 radical (unpaired) electrons. The Morgan fingerprint density at radius 3 is 2.65 bits per heavy atom. The summed E-state index contributed by atoms with van der Waals surface area (Å²) >= 11 is 3.54. The normalized spacial score (nSPS) is 13.8. The smallest absolute Gasteiger partial charge is 0.0231 e. The van der Waals surface area contributed by atoms with Crippen molar-refractivity contribution < 1.29 is 0 Å². The van der Waals surface area contributed by atoms with Gasteiger partial charge in [0.1, 0.15) is 0 Å². The standard InChI is InChI=1S/C17H29BrN2/c1-6-10-19-14(2)17(3,4)13-20(5)12-15-8-7-9-16(18)11-15/h7-9,11,14,19H,6,10,12-13H2,1-5H3. The summed E-state index contributed by atoms with van der Waals surface area (Å²) in [6.07, 6.45) is 1.19. The van der Waals surface area contributed by atoms with Crippen LogP contribution in [0.3, 0.4) is 0 Å². The summed E-state index contributed by atoms with van der Waals surface area (Å²) in [5, 5.41) is 3.62. The molecule has 0 aromatic heterocycles. The molecular formula is C17H29BrN2. The van der Waals surface area contributed by atoms with Crippen LogP contribution in [0.25, 0.3) is 0 Å². The van der Waals surface area contributed by atoms with Crippen molar-refractivity contribution in [3.8, 4) is 0 Å². The van der Waals surface area contributed by atoms with Gasteiger partial charge in [0.05, 0.1) is 0 Å². The number of rotatable bonds is 8. The first-order chi connectivity index (χ1) is 9.35. The van der Waals surface area contributed by atoms with Gasteiger partial charge in [0.25, 0.3) is 0 Å². The minimum absolute atomic E-state index is 0.260. The summed E-state index contributed by atoms with van der Waals surface area (Å²) in [7, 11) is 2.20. The summed E-state index contributed by atoms with van der Waals surface area (Å²) in [5.41, 5.74) is 1.61. The molecule has 1 atom stereocenters. The number of hydrogen-bond donors (Lipinski definition) is 1. The van der Waals surface area contributed by atoms with Gasteiger partial charge in [-0.2, -0.15) is 0 Å². The Balaban J connectivity index is 2.53. The molecule has 1 rings (SSSR count). The second-order valence-corrected chi connectivity index (χ2v) is 7.38. The van der Waals surface area contributed by atoms with Crippen LogP contribution in [0.5, 0.6) is 0 Å². The third-order valence-corrected chi connectivity index (χ3v) is 4.38. The third-order valence-electron chi connectivity index (χ3n) is 3.89. The lowest BCUT2D eigenvalue weighted by molar-refractivity contribution is 0.160. The van der Waals surface area contributed by atoms with E-state index in [4.69, 9.17) is 0 Å². The molecule has 3 heteroatoms. The maximum Gasteiger partial charge on any atom is 0.0231 e. The van der Waals surface area contributed by atoms with Crippen LogP contribution in [0.4, 0.5) is 0 Å². The molecule has 0 aliphatic heterocycles. The summed E-state index contributed by atoms with van der Waals surface area (Å²) in [6, 6.07) is 9.08. The Morgan fingerprint density at radius 2 is 2.05 bits per heavy atom. The molecule has 1 unspecified atom stereocenters. The lowest BCUT2D eigenvalue weighted by Gasteiger charge is -2.36. The third kappa shape index (κ3) is 5.94. The predicted molar refractivity (Wildman–Crippen MR) is 92.0 cm³/mol. The Labute approximate surface area is 133 Å². The van der Waals surface area contributed by atoms with Gasteiger partial charge in [-0.15, -0.1) is 0 Å². The average Bonchev–Trinajstić information content (AvgIpc) is 2.34. The Kier molecular flexibility index (Phi) is 7.21. The van der Waals surface area contributed by atoms with Crippen LogP contribution in [0.15, 0.2) is 28.7 Å². The molecule has 0 fully saturated rings. The first kappa shape index (κ1) is 17.7. The van der Waals surface area contributed by atoms with E-state index in [-0.39, 0.29) is 5.41 Å². The monoisotopic (exact) mass is 340 g/mol. The van der Waals surface area contributed by atoms with Crippen LogP contribution in [0.1, 0.15) is 39.7 Å². The first-order valence-electron chi connectivity index (χ1n) is 7.51. The van der Waals surface area contributed by atoms with E-state index in [2.05, 4.69) is 85.2 Å². The zero-order valence-electron chi connectivity index (χ0n) is 13.5. The highest BCUT2D eigenvalue weighted by atomic mass is 79.9. The quantitative estimate of drug-likeness (QED) is 0.759. The topological polar surface area (TPSA) is 15.3 Å². The highest BCUT2D eigenvalue weighted by molar-refractivity contribution is 9.10. The van der Waals surface area contributed by atoms with E-state index in [0.29, 0.717) is 6.04 Å². The molecule has 2 nitrogen and oxygen atoms in total. The molecule has 1 aromatic rings. The summed E-state index contributed by atoms with van der Waals surface area (Å²) in [5.74, 6) is 0. The second kappa shape index (κ2) is 8.16. The minimum atomic E-state index is 0.260. The van der Waals surface area contributed by atoms with Crippen molar-refractivity contribution in [1.29, 1.82) is 0 Å². The van der Waals surface area contributed by atoms with Crippen LogP contribution >= 0.6 is 15.9 Å². The lowest BCUT2D eigenvalue weighted by Crippen LogP contribution is -2.46. The van der Waals surface area contributed by atoms with Gasteiger partial charge in [0.2, 0.25) is 0 Å². The van der Waals surface area contributed by atoms with E-state index >= 15 is 0 Å². The SMILES string of the molecule is CCCNC(C)C(C)(C)CN(C)Cc1cccc(Br)c1. The van der Waals surface area contributed by atoms with E-state index in [0.717, 1.165) is 24.1 Å². The van der Waals surface area contributed by atoms with Gasteiger partial charge in [-0.1, -0.05) is 48.8 Å². The molecule has 0 aliphatic rings. The maximum absolute atomic E-state index is 3.62. The van der Waals surface area contributed by atoms with Gasteiger partial charge in [-0.25, -0.2) is 0 Å². The fourth-order valence-electron chi connectivity index (χ4n) is 2.47. The van der Waals surface area contributed by atoms with E-state index in [1.807, 2.05) is 0 Å². The predicted octanol–water partition coefficient (Wildman–Crippen LogP) is 4.30. The molecule has 0 amide bonds. The van der Waals surface area contributed by atoms with Crippen molar-refractivity contribution in [2.75, 3.05) is 20.1 Å². The highest BCUT2D eigenvalue weighted by Gasteiger charge is 2.26. The Hall–Kier alpha value is -0.380. The maximum atomic E-state index is 3.62. The second-order valence-electron chi connectivity index (χ2n) is 6.47. The molecule has 0 saturated heterocycles. The number of nitrogens with zero attached hydrogens (tertiary/aromatic N) is 1. The van der Waals surface area contributed by atoms with Crippen molar-refractivity contribution >= 4 is 15.9 Å². The van der Waals surface area contributed by atoms with E-state index in [1.54, 1.807) is 0 Å². The first-order valence-corrected chi connectivity index (χ1v) is 8.31. The summed E-state index contributed by atoms with van der Waals surface area (Å²) in [4.78, 5) is 2.41. The largest absolute Gasteiger partial charge is 0.314 e. The van der Waals surface area contributed by atoms with Gasteiger partial charge < -0.3 is 10.2 Å². The van der Waals surface area contributed by atoms with Crippen molar-refractivity contribution in [3.63, 3.8) is 0 Å². The average molecular weight is 341 g/mol. The molecule has 1 aromatic carbocycles. The molecule has 0 aliphatic carbocycles. The van der Waals surface area contributed by atoms with Crippen molar-refractivity contribution in [3.05, 3.63) is 34.3 Å². The number of hydrogen-bond acceptors (Lipinski definition) is 2. The summed E-state index contributed by atoms with van der Waals surface area (Å²) in [6.45, 7) is 12.4. The molecule has 0 bridgehead atoms. The summed E-state index contributed by atoms with van der Waals surface area (Å²) < 4.78 is 1.15. The molecular weight excluding hydrogens is 312 g/mol. The molecule has 0 saturated carbocycles. The van der Waals surface area contributed by atoms with Crippen LogP contribution in [0.2, 0.25) is 0 Å². The molecule has 1 N–H and O–H groups in total. The van der Waals surface area contributed by atoms with Crippen molar-refractivity contribution in [2.24, 2.45) is 5.41 Å². The van der Waals surface area contributed by atoms with Crippen LogP contribution in [-0.4, -0.2) is 31.1 Å². The molecule has 20 heavy (non-hydrogen) atoms. The Morgan fingerprint density at radius 1 is 1.35 bits per heavy atom. The van der Waals surface area contributed by atoms with Crippen LogP contribution < -0.4 is 5.32 Å². The van der Waals surface area contributed by atoms with Crippen LogP contribution in [0, 0.1) is 5.41 Å². The number of benzene rings is 1. The van der Waals surface area contributed by atoms with Crippen molar-refractivity contribution in [1.82, 2.24) is 10.2 Å².